The molecule has 1 aliphatic heterocycles. The van der Waals surface area contributed by atoms with E-state index in [1.165, 1.54) is 28.8 Å². The van der Waals surface area contributed by atoms with Gasteiger partial charge in [-0.25, -0.2) is 0 Å². The summed E-state index contributed by atoms with van der Waals surface area (Å²) in [5.74, 6) is -0.450. The number of morpholine rings is 1. The number of para-hydroxylation sites is 1. The lowest BCUT2D eigenvalue weighted by atomic mass is 10.2. The molecule has 2 heterocycles. The Hall–Kier alpha value is -4.07. The lowest BCUT2D eigenvalue weighted by Gasteiger charge is -2.26. The number of nitrogens with zero attached hydrogens (tertiary/aromatic N) is 4. The maximum Gasteiger partial charge on any atom is 0.273 e. The number of hydrogen-bond acceptors (Lipinski definition) is 7. The molecule has 1 aromatic heterocycles. The molecular formula is C23H18N4O5S. The molecule has 1 saturated heterocycles. The number of thiazole rings is 1. The van der Waals surface area contributed by atoms with Crippen LogP contribution in [0.5, 0.6) is 0 Å². The summed E-state index contributed by atoms with van der Waals surface area (Å²) < 4.78 is 7.18. The van der Waals surface area contributed by atoms with E-state index < -0.39 is 10.8 Å². The summed E-state index contributed by atoms with van der Waals surface area (Å²) in [5.41, 5.74) is 0.550. The van der Waals surface area contributed by atoms with E-state index in [0.717, 1.165) is 11.3 Å². The Balaban J connectivity index is 1.94. The number of nitro benzene ring substituents is 1. The number of benzene rings is 2. The summed E-state index contributed by atoms with van der Waals surface area (Å²) >= 11 is 1.03. The number of carbonyl (C=O) groups excluding carboxylic acids is 1. The normalized spacial score (nSPS) is 15.1. The standard InChI is InChI=1S/C23H18N4O5S/c24-15-19(21(28)25-10-12-32-13-11-25)23-26(17-4-2-1-3-5-17)22(29)20(33-23)14-16-6-8-18(9-7-16)27(30)31/h1-9,14H,10-13H2/b20-14+,23-19-. The van der Waals surface area contributed by atoms with Crippen molar-refractivity contribution in [3.8, 4) is 11.8 Å². The van der Waals surface area contributed by atoms with Crippen LogP contribution in [0.4, 0.5) is 5.69 Å². The van der Waals surface area contributed by atoms with Crippen molar-refractivity contribution in [1.29, 1.82) is 5.26 Å². The molecule has 4 rings (SSSR count). The predicted molar refractivity (Wildman–Crippen MR) is 122 cm³/mol. The molecule has 0 N–H and O–H groups in total. The van der Waals surface area contributed by atoms with Crippen molar-refractivity contribution in [2.75, 3.05) is 26.3 Å². The molecule has 1 amide bonds. The lowest BCUT2D eigenvalue weighted by molar-refractivity contribution is -0.384. The first kappa shape index (κ1) is 22.1. The van der Waals surface area contributed by atoms with Gasteiger partial charge in [0.15, 0.2) is 5.57 Å². The minimum absolute atomic E-state index is 0.0584. The Morgan fingerprint density at radius 2 is 1.79 bits per heavy atom. The molecule has 33 heavy (non-hydrogen) atoms. The fourth-order valence-corrected chi connectivity index (χ4v) is 4.51. The number of amides is 1. The van der Waals surface area contributed by atoms with Crippen LogP contribution in [0.25, 0.3) is 17.3 Å². The van der Waals surface area contributed by atoms with Crippen molar-refractivity contribution in [2.45, 2.75) is 0 Å². The van der Waals surface area contributed by atoms with Gasteiger partial charge in [-0.2, -0.15) is 5.26 Å². The van der Waals surface area contributed by atoms with Gasteiger partial charge in [-0.05, 0) is 35.9 Å². The van der Waals surface area contributed by atoms with Crippen LogP contribution in [0.15, 0.2) is 59.4 Å². The largest absolute Gasteiger partial charge is 0.378 e. The van der Waals surface area contributed by atoms with Crippen LogP contribution in [0.1, 0.15) is 5.56 Å². The van der Waals surface area contributed by atoms with Crippen molar-refractivity contribution in [2.24, 2.45) is 0 Å². The van der Waals surface area contributed by atoms with Gasteiger partial charge in [0, 0.05) is 25.2 Å². The van der Waals surface area contributed by atoms with Crippen LogP contribution in [0.2, 0.25) is 0 Å². The number of ether oxygens (including phenoxy) is 1. The predicted octanol–water partition coefficient (Wildman–Crippen LogP) is 1.17. The van der Waals surface area contributed by atoms with E-state index in [0.29, 0.717) is 42.1 Å². The first-order valence-electron chi connectivity index (χ1n) is 10.0. The number of non-ortho nitro benzene ring substituents is 1. The molecule has 2 aromatic carbocycles. The van der Waals surface area contributed by atoms with Crippen LogP contribution in [-0.2, 0) is 9.53 Å². The van der Waals surface area contributed by atoms with Gasteiger partial charge in [0.25, 0.3) is 17.2 Å². The summed E-state index contributed by atoms with van der Waals surface area (Å²) in [6.45, 7) is 1.51. The minimum atomic E-state index is -0.499. The summed E-state index contributed by atoms with van der Waals surface area (Å²) in [6, 6.07) is 16.6. The molecule has 0 atom stereocenters. The molecular weight excluding hydrogens is 444 g/mol. The molecule has 166 valence electrons. The first-order chi connectivity index (χ1) is 16.0. The third-order valence-corrected chi connectivity index (χ3v) is 6.17. The molecule has 9 nitrogen and oxygen atoms in total. The highest BCUT2D eigenvalue weighted by atomic mass is 32.1. The summed E-state index contributed by atoms with van der Waals surface area (Å²) in [6.07, 6.45) is 1.59. The second-order valence-corrected chi connectivity index (χ2v) is 8.16. The van der Waals surface area contributed by atoms with E-state index in [4.69, 9.17) is 4.74 Å². The fourth-order valence-electron chi connectivity index (χ4n) is 3.42. The number of carbonyl (C=O) groups is 1. The topological polar surface area (TPSA) is 118 Å². The van der Waals surface area contributed by atoms with Gasteiger partial charge in [-0.1, -0.05) is 18.2 Å². The highest BCUT2D eigenvalue weighted by molar-refractivity contribution is 7.07. The third kappa shape index (κ3) is 4.59. The van der Waals surface area contributed by atoms with Crippen LogP contribution in [0, 0.1) is 21.4 Å². The van der Waals surface area contributed by atoms with Crippen molar-refractivity contribution in [1.82, 2.24) is 9.47 Å². The third-order valence-electron chi connectivity index (χ3n) is 5.08. The number of hydrogen-bond donors (Lipinski definition) is 0. The van der Waals surface area contributed by atoms with E-state index >= 15 is 0 Å². The Morgan fingerprint density at radius 1 is 1.12 bits per heavy atom. The zero-order chi connectivity index (χ0) is 23.4. The second-order valence-electron chi connectivity index (χ2n) is 7.13. The monoisotopic (exact) mass is 462 g/mol. The Kier molecular flexibility index (Phi) is 6.44. The zero-order valence-corrected chi connectivity index (χ0v) is 18.2. The van der Waals surface area contributed by atoms with Crippen molar-refractivity contribution in [3.05, 3.63) is 89.8 Å². The summed E-state index contributed by atoms with van der Waals surface area (Å²) in [7, 11) is 0. The zero-order valence-electron chi connectivity index (χ0n) is 17.3. The number of nitriles is 1. The maximum atomic E-state index is 13.4. The average Bonchev–Trinajstić information content (AvgIpc) is 3.16. The van der Waals surface area contributed by atoms with Crippen LogP contribution in [0.3, 0.4) is 0 Å². The Morgan fingerprint density at radius 3 is 2.39 bits per heavy atom. The molecule has 10 heteroatoms. The SMILES string of the molecule is N#C/C(C(=O)N1CCOCC1)=c1/s/c(=C/c2ccc([N+](=O)[O-])cc2)c(=O)n1-c1ccccc1. The van der Waals surface area contributed by atoms with Crippen molar-refractivity contribution in [3.63, 3.8) is 0 Å². The minimum Gasteiger partial charge on any atom is -0.378 e. The fraction of sp³-hybridized carbons (Fsp3) is 0.174. The Bertz CT molecular complexity index is 1410. The maximum absolute atomic E-state index is 13.4. The van der Waals surface area contributed by atoms with Gasteiger partial charge >= 0.3 is 0 Å². The lowest BCUT2D eigenvalue weighted by Crippen LogP contribution is -2.42. The average molecular weight is 462 g/mol. The molecule has 0 unspecified atom stereocenters. The molecule has 1 aliphatic rings. The van der Waals surface area contributed by atoms with Gasteiger partial charge in [-0.3, -0.25) is 24.3 Å². The summed E-state index contributed by atoms with van der Waals surface area (Å²) in [5, 5.41) is 20.8. The smallest absolute Gasteiger partial charge is 0.273 e. The van der Waals surface area contributed by atoms with Gasteiger partial charge in [-0.15, -0.1) is 11.3 Å². The van der Waals surface area contributed by atoms with Crippen molar-refractivity contribution >= 4 is 34.6 Å². The number of nitro groups is 1. The van der Waals surface area contributed by atoms with E-state index in [-0.39, 0.29) is 21.5 Å². The van der Waals surface area contributed by atoms with Gasteiger partial charge < -0.3 is 9.64 Å². The number of rotatable bonds is 4. The second kappa shape index (κ2) is 9.60. The molecule has 0 aliphatic carbocycles. The van der Waals surface area contributed by atoms with E-state index in [9.17, 15) is 25.0 Å². The molecule has 0 radical (unpaired) electrons. The van der Waals surface area contributed by atoms with Gasteiger partial charge in [0.2, 0.25) is 0 Å². The van der Waals surface area contributed by atoms with E-state index in [2.05, 4.69) is 0 Å². The van der Waals surface area contributed by atoms with Crippen LogP contribution < -0.4 is 14.8 Å². The van der Waals surface area contributed by atoms with Gasteiger partial charge in [0.1, 0.15) is 10.7 Å². The van der Waals surface area contributed by atoms with Crippen LogP contribution >= 0.6 is 11.3 Å². The van der Waals surface area contributed by atoms with Gasteiger partial charge in [0.05, 0.1) is 28.4 Å². The highest BCUT2D eigenvalue weighted by Crippen LogP contribution is 2.12. The van der Waals surface area contributed by atoms with Crippen molar-refractivity contribution < 1.29 is 14.5 Å². The highest BCUT2D eigenvalue weighted by Gasteiger charge is 2.24. The van der Waals surface area contributed by atoms with E-state index in [1.54, 1.807) is 41.3 Å². The number of aromatic nitrogens is 1. The van der Waals surface area contributed by atoms with E-state index in [1.807, 2.05) is 6.07 Å². The Labute approximate surface area is 191 Å². The molecule has 0 bridgehead atoms. The van der Waals surface area contributed by atoms with Crippen LogP contribution in [-0.4, -0.2) is 46.6 Å². The molecule has 1 fully saturated rings. The first-order valence-corrected chi connectivity index (χ1v) is 10.9. The summed E-state index contributed by atoms with van der Waals surface area (Å²) in [4.78, 5) is 38.4. The molecule has 3 aromatic rings. The molecule has 0 spiro atoms. The molecule has 0 saturated carbocycles. The quantitative estimate of drug-likeness (QED) is 0.424.